The van der Waals surface area contributed by atoms with E-state index in [0.29, 0.717) is 17.5 Å². The normalized spacial score (nSPS) is 10.2. The molecule has 1 aromatic carbocycles. The lowest BCUT2D eigenvalue weighted by molar-refractivity contribution is 0.0943. The average molecular weight is 263 g/mol. The summed E-state index contributed by atoms with van der Waals surface area (Å²) in [7, 11) is 1.48. The summed E-state index contributed by atoms with van der Waals surface area (Å²) in [6, 6.07) is 4.40. The monoisotopic (exact) mass is 263 g/mol. The van der Waals surface area contributed by atoms with Crippen LogP contribution in [0.25, 0.3) is 0 Å². The van der Waals surface area contributed by atoms with E-state index < -0.39 is 5.91 Å². The lowest BCUT2D eigenvalue weighted by atomic mass is 10.1. The van der Waals surface area contributed by atoms with Crippen molar-refractivity contribution in [3.8, 4) is 11.5 Å². The van der Waals surface area contributed by atoms with E-state index in [0.717, 1.165) is 0 Å². The van der Waals surface area contributed by atoms with Crippen LogP contribution in [0.2, 0.25) is 0 Å². The summed E-state index contributed by atoms with van der Waals surface area (Å²) in [6.45, 7) is 1.78. The molecule has 1 heterocycles. The molecule has 0 unspecified atom stereocenters. The van der Waals surface area contributed by atoms with Gasteiger partial charge in [-0.3, -0.25) is 4.79 Å². The molecule has 2 rings (SSSR count). The number of carbonyl (C=O) groups is 1. The summed E-state index contributed by atoms with van der Waals surface area (Å²) >= 11 is 0. The first-order valence-electron chi connectivity index (χ1n) is 5.54. The fourth-order valence-corrected chi connectivity index (χ4v) is 1.49. The van der Waals surface area contributed by atoms with Crippen molar-refractivity contribution < 1.29 is 19.2 Å². The molecular weight excluding hydrogens is 250 g/mol. The Labute approximate surface area is 109 Å². The number of benzene rings is 1. The number of ether oxygens (including phenoxy) is 1. The zero-order chi connectivity index (χ0) is 13.8. The van der Waals surface area contributed by atoms with Gasteiger partial charge in [-0.2, -0.15) is 4.98 Å². The number of phenolic OH excluding ortho intramolecular Hbond substituents is 1. The third-order valence-corrected chi connectivity index (χ3v) is 2.42. The number of aryl methyl sites for hydroxylation is 1. The van der Waals surface area contributed by atoms with Crippen LogP contribution in [0.3, 0.4) is 0 Å². The molecule has 0 atom stereocenters. The molecule has 2 N–H and O–H groups in total. The van der Waals surface area contributed by atoms with Crippen molar-refractivity contribution in [2.45, 2.75) is 13.5 Å². The minimum absolute atomic E-state index is 0.0936. The van der Waals surface area contributed by atoms with Crippen molar-refractivity contribution in [1.29, 1.82) is 0 Å². The van der Waals surface area contributed by atoms with Gasteiger partial charge >= 0.3 is 0 Å². The highest BCUT2D eigenvalue weighted by atomic mass is 16.5. The second-order valence-corrected chi connectivity index (χ2v) is 3.80. The number of aromatic hydroxyl groups is 1. The van der Waals surface area contributed by atoms with Crippen LogP contribution in [-0.4, -0.2) is 28.3 Å². The minimum Gasteiger partial charge on any atom is -0.507 e. The first-order chi connectivity index (χ1) is 9.10. The molecule has 0 aliphatic rings. The molecule has 0 radical (unpaired) electrons. The fourth-order valence-electron chi connectivity index (χ4n) is 1.49. The Bertz CT molecular complexity index is 594. The number of hydrogen-bond acceptors (Lipinski definition) is 6. The van der Waals surface area contributed by atoms with Crippen molar-refractivity contribution in [2.75, 3.05) is 7.11 Å². The SMILES string of the molecule is COc1ccc(O)c(C(=O)NCc2nc(C)no2)c1. The molecule has 2 aromatic rings. The largest absolute Gasteiger partial charge is 0.507 e. The first kappa shape index (κ1) is 12.9. The van der Waals surface area contributed by atoms with Gasteiger partial charge in [0.15, 0.2) is 5.82 Å². The first-order valence-corrected chi connectivity index (χ1v) is 5.54. The highest BCUT2D eigenvalue weighted by Crippen LogP contribution is 2.22. The third kappa shape index (κ3) is 3.01. The van der Waals surface area contributed by atoms with Gasteiger partial charge < -0.3 is 19.7 Å². The number of phenols is 1. The quantitative estimate of drug-likeness (QED) is 0.854. The number of methoxy groups -OCH3 is 1. The predicted molar refractivity (Wildman–Crippen MR) is 64.9 cm³/mol. The standard InChI is InChI=1S/C12H13N3O4/c1-7-14-11(19-15-7)6-13-12(17)9-5-8(18-2)3-4-10(9)16/h3-5,16H,6H2,1-2H3,(H,13,17). The van der Waals surface area contributed by atoms with Crippen LogP contribution in [-0.2, 0) is 6.54 Å². The molecule has 0 spiro atoms. The van der Waals surface area contributed by atoms with Gasteiger partial charge in [-0.1, -0.05) is 5.16 Å². The van der Waals surface area contributed by atoms with Crippen molar-refractivity contribution in [2.24, 2.45) is 0 Å². The van der Waals surface area contributed by atoms with E-state index in [-0.39, 0.29) is 17.9 Å². The van der Waals surface area contributed by atoms with Crippen LogP contribution in [0.1, 0.15) is 22.1 Å². The number of carbonyl (C=O) groups excluding carboxylic acids is 1. The number of nitrogens with one attached hydrogen (secondary N) is 1. The van der Waals surface area contributed by atoms with Gasteiger partial charge in [-0.15, -0.1) is 0 Å². The van der Waals surface area contributed by atoms with Crippen LogP contribution >= 0.6 is 0 Å². The van der Waals surface area contributed by atoms with E-state index in [4.69, 9.17) is 9.26 Å². The lowest BCUT2D eigenvalue weighted by Gasteiger charge is -2.07. The average Bonchev–Trinajstić information content (AvgIpc) is 2.82. The second-order valence-electron chi connectivity index (χ2n) is 3.80. The van der Waals surface area contributed by atoms with Crippen LogP contribution in [0, 0.1) is 6.92 Å². The van der Waals surface area contributed by atoms with E-state index in [9.17, 15) is 9.90 Å². The van der Waals surface area contributed by atoms with E-state index in [1.54, 1.807) is 13.0 Å². The summed E-state index contributed by atoms with van der Waals surface area (Å²) in [4.78, 5) is 15.9. The number of amides is 1. The minimum atomic E-state index is -0.452. The van der Waals surface area contributed by atoms with Crippen LogP contribution in [0.4, 0.5) is 0 Å². The van der Waals surface area contributed by atoms with E-state index in [1.807, 2.05) is 0 Å². The number of rotatable bonds is 4. The Morgan fingerprint density at radius 1 is 1.53 bits per heavy atom. The maximum absolute atomic E-state index is 11.9. The molecule has 7 nitrogen and oxygen atoms in total. The van der Waals surface area contributed by atoms with Gasteiger partial charge in [-0.05, 0) is 25.1 Å². The molecule has 7 heteroatoms. The van der Waals surface area contributed by atoms with Gasteiger partial charge in [0.1, 0.15) is 11.5 Å². The summed E-state index contributed by atoms with van der Waals surface area (Å²) in [5.74, 6) is 0.700. The van der Waals surface area contributed by atoms with Gasteiger partial charge in [0.2, 0.25) is 5.89 Å². The fraction of sp³-hybridized carbons (Fsp3) is 0.250. The maximum Gasteiger partial charge on any atom is 0.255 e. The van der Waals surface area contributed by atoms with Crippen LogP contribution < -0.4 is 10.1 Å². The molecule has 100 valence electrons. The van der Waals surface area contributed by atoms with E-state index in [2.05, 4.69) is 15.5 Å². The van der Waals surface area contributed by atoms with Crippen LogP contribution in [0.5, 0.6) is 11.5 Å². The highest BCUT2D eigenvalue weighted by molar-refractivity contribution is 5.97. The Balaban J connectivity index is 2.07. The summed E-state index contributed by atoms with van der Waals surface area (Å²) in [6.07, 6.45) is 0. The topological polar surface area (TPSA) is 97.5 Å². The summed E-state index contributed by atoms with van der Waals surface area (Å²) in [5.41, 5.74) is 0.121. The lowest BCUT2D eigenvalue weighted by Crippen LogP contribution is -2.23. The number of nitrogens with zero attached hydrogens (tertiary/aromatic N) is 2. The maximum atomic E-state index is 11.9. The molecule has 0 saturated heterocycles. The Morgan fingerprint density at radius 2 is 2.32 bits per heavy atom. The number of aromatic nitrogens is 2. The Hall–Kier alpha value is -2.57. The van der Waals surface area contributed by atoms with Gasteiger partial charge in [0, 0.05) is 0 Å². The van der Waals surface area contributed by atoms with Crippen molar-refractivity contribution in [3.05, 3.63) is 35.5 Å². The van der Waals surface area contributed by atoms with Crippen molar-refractivity contribution in [1.82, 2.24) is 15.5 Å². The van der Waals surface area contributed by atoms with E-state index in [1.165, 1.54) is 19.2 Å². The van der Waals surface area contributed by atoms with E-state index >= 15 is 0 Å². The number of hydrogen-bond donors (Lipinski definition) is 2. The zero-order valence-electron chi connectivity index (χ0n) is 10.5. The molecule has 0 aliphatic carbocycles. The smallest absolute Gasteiger partial charge is 0.255 e. The molecule has 1 aromatic heterocycles. The Kier molecular flexibility index (Phi) is 3.65. The van der Waals surface area contributed by atoms with Crippen LogP contribution in [0.15, 0.2) is 22.7 Å². The molecule has 1 amide bonds. The molecule has 0 bridgehead atoms. The molecule has 19 heavy (non-hydrogen) atoms. The second kappa shape index (κ2) is 5.38. The summed E-state index contributed by atoms with van der Waals surface area (Å²) in [5, 5.41) is 15.8. The molecule has 0 aliphatic heterocycles. The summed E-state index contributed by atoms with van der Waals surface area (Å²) < 4.78 is 9.86. The molecular formula is C12H13N3O4. The highest BCUT2D eigenvalue weighted by Gasteiger charge is 2.13. The van der Waals surface area contributed by atoms with Gasteiger partial charge in [0.25, 0.3) is 5.91 Å². The Morgan fingerprint density at radius 3 is 2.95 bits per heavy atom. The third-order valence-electron chi connectivity index (χ3n) is 2.42. The van der Waals surface area contributed by atoms with Crippen molar-refractivity contribution >= 4 is 5.91 Å². The molecule has 0 fully saturated rings. The van der Waals surface area contributed by atoms with Gasteiger partial charge in [0.05, 0.1) is 19.2 Å². The molecule has 0 saturated carbocycles. The zero-order valence-corrected chi connectivity index (χ0v) is 10.5. The predicted octanol–water partition coefficient (Wildman–Crippen LogP) is 1.02. The van der Waals surface area contributed by atoms with Gasteiger partial charge in [-0.25, -0.2) is 0 Å². The van der Waals surface area contributed by atoms with Crippen molar-refractivity contribution in [3.63, 3.8) is 0 Å².